The van der Waals surface area contributed by atoms with Gasteiger partial charge in [-0.05, 0) is 23.6 Å². The van der Waals surface area contributed by atoms with Crippen LogP contribution >= 0.6 is 95.6 Å². The van der Waals surface area contributed by atoms with Gasteiger partial charge in [0.15, 0.2) is 2.14 Å². The molecular formula is C28H26Br6. The molecule has 0 spiro atoms. The lowest BCUT2D eigenvalue weighted by Gasteiger charge is -2.10. The maximum Gasteiger partial charge on any atom is 0.159 e. The minimum atomic E-state index is -0.270. The molecule has 0 nitrogen and oxygen atoms in total. The van der Waals surface area contributed by atoms with Crippen molar-refractivity contribution in [2.45, 2.75) is 18.1 Å². The van der Waals surface area contributed by atoms with Crippen molar-refractivity contribution in [1.82, 2.24) is 0 Å². The van der Waals surface area contributed by atoms with E-state index in [2.05, 4.69) is 139 Å². The molecule has 6 heteroatoms. The summed E-state index contributed by atoms with van der Waals surface area (Å²) in [6.45, 7) is 2.08. The van der Waals surface area contributed by atoms with Gasteiger partial charge >= 0.3 is 0 Å². The SMILES string of the molecule is BrC(Br)(Br)c1ccccc1.BrC(Br)c1ccccc1.BrCc1ccccc1.Cc1ccccc1. The fourth-order valence-electron chi connectivity index (χ4n) is 2.33. The van der Waals surface area contributed by atoms with E-state index < -0.39 is 0 Å². The zero-order valence-electron chi connectivity index (χ0n) is 18.6. The summed E-state index contributed by atoms with van der Waals surface area (Å²) in [5.74, 6) is 0. The quantitative estimate of drug-likeness (QED) is 0.176. The molecule has 0 radical (unpaired) electrons. The molecule has 0 aliphatic heterocycles. The summed E-state index contributed by atoms with van der Waals surface area (Å²) in [7, 11) is 0. The van der Waals surface area contributed by atoms with Gasteiger partial charge in [0.05, 0.1) is 3.74 Å². The van der Waals surface area contributed by atoms with Crippen molar-refractivity contribution < 1.29 is 0 Å². The second-order valence-electron chi connectivity index (χ2n) is 6.85. The van der Waals surface area contributed by atoms with Gasteiger partial charge in [0.1, 0.15) is 0 Å². The molecular weight excluding hydrogens is 816 g/mol. The zero-order chi connectivity index (χ0) is 25.2. The molecule has 0 amide bonds. The molecule has 0 saturated carbocycles. The summed E-state index contributed by atoms with van der Waals surface area (Å²) in [4.78, 5) is 0. The van der Waals surface area contributed by atoms with Crippen LogP contribution in [0.2, 0.25) is 0 Å². The van der Waals surface area contributed by atoms with Gasteiger partial charge in [-0.15, -0.1) is 0 Å². The number of benzene rings is 4. The van der Waals surface area contributed by atoms with Crippen LogP contribution in [-0.4, -0.2) is 0 Å². The third-order valence-corrected chi connectivity index (χ3v) is 7.17. The molecule has 0 bridgehead atoms. The Labute approximate surface area is 254 Å². The number of hydrogen-bond donors (Lipinski definition) is 0. The highest BCUT2D eigenvalue weighted by atomic mass is 80.0. The van der Waals surface area contributed by atoms with Crippen molar-refractivity contribution in [1.29, 1.82) is 0 Å². The highest BCUT2D eigenvalue weighted by Crippen LogP contribution is 2.43. The first kappa shape index (κ1) is 31.8. The second kappa shape index (κ2) is 18.9. The average Bonchev–Trinajstić information content (AvgIpc) is 2.87. The predicted octanol–water partition coefficient (Wildman–Crippen LogP) is 12.0. The highest BCUT2D eigenvalue weighted by Gasteiger charge is 2.19. The molecule has 0 atom stereocenters. The number of aryl methyl sites for hydroxylation is 1. The molecule has 0 unspecified atom stereocenters. The predicted molar refractivity (Wildman–Crippen MR) is 172 cm³/mol. The van der Waals surface area contributed by atoms with E-state index in [9.17, 15) is 0 Å². The molecule has 0 aliphatic rings. The Morgan fingerprint density at radius 1 is 0.588 bits per heavy atom. The van der Waals surface area contributed by atoms with Gasteiger partial charge in [-0.2, -0.15) is 0 Å². The van der Waals surface area contributed by atoms with Gasteiger partial charge in [0.2, 0.25) is 0 Å². The molecule has 4 aromatic rings. The third-order valence-electron chi connectivity index (χ3n) is 4.09. The molecule has 0 aromatic heterocycles. The van der Waals surface area contributed by atoms with Crippen LogP contribution in [0.5, 0.6) is 0 Å². The first-order valence-corrected chi connectivity index (χ1v) is 15.6. The van der Waals surface area contributed by atoms with Crippen molar-refractivity contribution in [2.75, 3.05) is 0 Å². The normalized spacial score (nSPS) is 10.0. The van der Waals surface area contributed by atoms with Gasteiger partial charge < -0.3 is 0 Å². The van der Waals surface area contributed by atoms with Crippen LogP contribution in [0.4, 0.5) is 0 Å². The van der Waals surface area contributed by atoms with E-state index in [1.165, 1.54) is 16.7 Å². The van der Waals surface area contributed by atoms with E-state index in [1.807, 2.05) is 84.9 Å². The van der Waals surface area contributed by atoms with Crippen LogP contribution in [0.1, 0.15) is 26.0 Å². The summed E-state index contributed by atoms with van der Waals surface area (Å²) in [6.07, 6.45) is 0. The molecule has 0 aliphatic carbocycles. The van der Waals surface area contributed by atoms with Gasteiger partial charge in [-0.1, -0.05) is 222 Å². The van der Waals surface area contributed by atoms with Gasteiger partial charge in [0.25, 0.3) is 0 Å². The molecule has 180 valence electrons. The van der Waals surface area contributed by atoms with Crippen LogP contribution in [0.15, 0.2) is 121 Å². The number of rotatable bonds is 2. The van der Waals surface area contributed by atoms with Crippen molar-refractivity contribution in [3.8, 4) is 0 Å². The van der Waals surface area contributed by atoms with E-state index in [-0.39, 0.29) is 5.88 Å². The maximum atomic E-state index is 3.42. The molecule has 0 heterocycles. The smallest absolute Gasteiger partial charge is 0.0876 e. The molecule has 0 fully saturated rings. The van der Waals surface area contributed by atoms with Crippen molar-refractivity contribution in [3.05, 3.63) is 144 Å². The van der Waals surface area contributed by atoms with Crippen molar-refractivity contribution in [2.24, 2.45) is 0 Å². The fraction of sp³-hybridized carbons (Fsp3) is 0.143. The monoisotopic (exact) mass is 836 g/mol. The minimum absolute atomic E-state index is 0.270. The average molecular weight is 842 g/mol. The minimum Gasteiger partial charge on any atom is -0.0876 e. The number of alkyl halides is 6. The number of hydrogen-bond acceptors (Lipinski definition) is 0. The molecule has 0 saturated heterocycles. The summed E-state index contributed by atoms with van der Waals surface area (Å²) in [5, 5.41) is 0.952. The standard InChI is InChI=1S/C7H5Br3.C7H6Br2.C7H7Br.C7H8/c8-7(9,10)6-4-2-1-3-5-6;8-7(9)6-4-2-1-3-5-6;8-6-7-4-2-1-3-5-7;1-7-5-3-2-4-6-7/h1-5H;1-5,7H;1-5H,6H2;2-6H,1H3. The van der Waals surface area contributed by atoms with E-state index in [1.54, 1.807) is 0 Å². The Balaban J connectivity index is 0.000000228. The van der Waals surface area contributed by atoms with E-state index in [0.717, 1.165) is 10.9 Å². The van der Waals surface area contributed by atoms with E-state index >= 15 is 0 Å². The Hall–Kier alpha value is -0.240. The zero-order valence-corrected chi connectivity index (χ0v) is 28.1. The maximum absolute atomic E-state index is 3.42. The van der Waals surface area contributed by atoms with Crippen LogP contribution in [0, 0.1) is 6.92 Å². The first-order chi connectivity index (χ1) is 16.2. The summed E-state index contributed by atoms with van der Waals surface area (Å²) in [5.41, 5.74) is 5.04. The summed E-state index contributed by atoms with van der Waals surface area (Å²) < 4.78 is 0.0139. The van der Waals surface area contributed by atoms with Crippen LogP contribution < -0.4 is 0 Å². The largest absolute Gasteiger partial charge is 0.159 e. The van der Waals surface area contributed by atoms with Crippen molar-refractivity contribution in [3.63, 3.8) is 0 Å². The van der Waals surface area contributed by atoms with E-state index in [0.29, 0.717) is 0 Å². The Morgan fingerprint density at radius 2 is 0.971 bits per heavy atom. The van der Waals surface area contributed by atoms with Crippen molar-refractivity contribution >= 4 is 95.6 Å². The van der Waals surface area contributed by atoms with E-state index in [4.69, 9.17) is 0 Å². The lowest BCUT2D eigenvalue weighted by molar-refractivity contribution is 1.37. The second-order valence-corrected chi connectivity index (χ2v) is 17.2. The molecule has 34 heavy (non-hydrogen) atoms. The topological polar surface area (TPSA) is 0 Å². The summed E-state index contributed by atoms with van der Waals surface area (Å²) >= 11 is 20.4. The first-order valence-electron chi connectivity index (χ1n) is 10.3. The van der Waals surface area contributed by atoms with Crippen LogP contribution in [0.25, 0.3) is 0 Å². The third kappa shape index (κ3) is 15.7. The van der Waals surface area contributed by atoms with Gasteiger partial charge in [-0.25, -0.2) is 0 Å². The Kier molecular flexibility index (Phi) is 17.7. The number of halogens is 6. The highest BCUT2D eigenvalue weighted by molar-refractivity contribution is 9.38. The lowest BCUT2D eigenvalue weighted by atomic mass is 10.2. The Morgan fingerprint density at radius 3 is 1.21 bits per heavy atom. The lowest BCUT2D eigenvalue weighted by Crippen LogP contribution is -1.95. The van der Waals surface area contributed by atoms with Gasteiger partial charge in [0, 0.05) is 5.33 Å². The van der Waals surface area contributed by atoms with Crippen LogP contribution in [0.3, 0.4) is 0 Å². The molecule has 4 rings (SSSR count). The Bertz CT molecular complexity index is 986. The molecule has 4 aromatic carbocycles. The molecule has 0 N–H and O–H groups in total. The van der Waals surface area contributed by atoms with Crippen LogP contribution in [-0.2, 0) is 7.47 Å². The fourth-order valence-corrected chi connectivity index (χ4v) is 4.10. The summed E-state index contributed by atoms with van der Waals surface area (Å²) in [6, 6.07) is 40.7. The van der Waals surface area contributed by atoms with Gasteiger partial charge in [-0.3, -0.25) is 0 Å².